The number of aromatic nitrogens is 1. The van der Waals surface area contributed by atoms with E-state index in [1.807, 2.05) is 0 Å². The lowest BCUT2D eigenvalue weighted by Crippen LogP contribution is -2.18. The molecule has 0 fully saturated rings. The second kappa shape index (κ2) is 10.4. The number of ether oxygens (including phenoxy) is 2. The quantitative estimate of drug-likeness (QED) is 0.518. The third-order valence-electron chi connectivity index (χ3n) is 4.18. The highest BCUT2D eigenvalue weighted by Crippen LogP contribution is 2.21. The Hall–Kier alpha value is -3.72. The first-order chi connectivity index (χ1) is 15.0. The van der Waals surface area contributed by atoms with Gasteiger partial charge in [-0.3, -0.25) is 19.7 Å². The van der Waals surface area contributed by atoms with Crippen molar-refractivity contribution in [1.29, 1.82) is 0 Å². The average molecular weight is 439 g/mol. The molecule has 0 aliphatic heterocycles. The van der Waals surface area contributed by atoms with Crippen LogP contribution in [0.25, 0.3) is 0 Å². The Kier molecular flexibility index (Phi) is 7.34. The summed E-state index contributed by atoms with van der Waals surface area (Å²) in [4.78, 5) is 41.1. The maximum atomic E-state index is 12.8. The van der Waals surface area contributed by atoms with Crippen molar-refractivity contribution in [1.82, 2.24) is 4.98 Å². The van der Waals surface area contributed by atoms with Gasteiger partial charge in [0.15, 0.2) is 5.13 Å². The molecule has 3 aromatic rings. The van der Waals surface area contributed by atoms with Crippen LogP contribution in [0.5, 0.6) is 5.75 Å². The number of para-hydroxylation sites is 1. The zero-order chi connectivity index (χ0) is 22.2. The van der Waals surface area contributed by atoms with Crippen LogP contribution in [0.3, 0.4) is 0 Å². The summed E-state index contributed by atoms with van der Waals surface area (Å²) in [7, 11) is 1.55. The van der Waals surface area contributed by atoms with Crippen molar-refractivity contribution in [3.05, 3.63) is 70.7 Å². The lowest BCUT2D eigenvalue weighted by Gasteiger charge is -2.11. The van der Waals surface area contributed by atoms with Gasteiger partial charge in [-0.25, -0.2) is 4.98 Å². The van der Waals surface area contributed by atoms with Crippen LogP contribution in [-0.4, -0.2) is 36.5 Å². The van der Waals surface area contributed by atoms with Gasteiger partial charge < -0.3 is 14.8 Å². The minimum absolute atomic E-state index is 0.0364. The highest BCUT2D eigenvalue weighted by atomic mass is 32.1. The van der Waals surface area contributed by atoms with Crippen molar-refractivity contribution in [3.8, 4) is 5.75 Å². The number of nitrogens with one attached hydrogen (secondary N) is 2. The number of esters is 1. The molecule has 0 atom stereocenters. The summed E-state index contributed by atoms with van der Waals surface area (Å²) in [6.45, 7) is 2.03. The van der Waals surface area contributed by atoms with E-state index in [2.05, 4.69) is 15.6 Å². The Labute approximate surface area is 183 Å². The van der Waals surface area contributed by atoms with Crippen molar-refractivity contribution in [3.63, 3.8) is 0 Å². The second-order valence-electron chi connectivity index (χ2n) is 6.31. The summed E-state index contributed by atoms with van der Waals surface area (Å²) in [5.41, 5.74) is 1.59. The molecule has 0 aliphatic carbocycles. The number of benzene rings is 2. The van der Waals surface area contributed by atoms with Crippen LogP contribution >= 0.6 is 11.3 Å². The molecule has 1 heterocycles. The van der Waals surface area contributed by atoms with Crippen molar-refractivity contribution in [2.24, 2.45) is 0 Å². The lowest BCUT2D eigenvalue weighted by molar-refractivity contribution is -0.142. The summed E-state index contributed by atoms with van der Waals surface area (Å²) in [5.74, 6) is -0.518. The third kappa shape index (κ3) is 5.89. The molecule has 9 heteroatoms. The van der Waals surface area contributed by atoms with Crippen molar-refractivity contribution in [2.75, 3.05) is 24.4 Å². The summed E-state index contributed by atoms with van der Waals surface area (Å²) in [6.07, 6.45) is 0.0364. The first-order valence-corrected chi connectivity index (χ1v) is 10.3. The largest absolute Gasteiger partial charge is 0.497 e. The molecule has 2 N–H and O–H groups in total. The standard InChI is InChI=1S/C22H21N3O5S/c1-3-30-19(26)12-15-13-31-22(23-15)25-21(28)17-6-4-5-7-18(17)24-20(27)14-8-10-16(29-2)11-9-14/h4-11,13H,3,12H2,1-2H3,(H,24,27)(H,23,25,28). The zero-order valence-electron chi connectivity index (χ0n) is 17.0. The number of carbonyl (C=O) groups excluding carboxylic acids is 3. The molecule has 3 rings (SSSR count). The molecule has 31 heavy (non-hydrogen) atoms. The van der Waals surface area contributed by atoms with E-state index in [1.54, 1.807) is 67.9 Å². The maximum Gasteiger partial charge on any atom is 0.311 e. The van der Waals surface area contributed by atoms with Gasteiger partial charge >= 0.3 is 5.97 Å². The van der Waals surface area contributed by atoms with Gasteiger partial charge in [0.2, 0.25) is 0 Å². The molecule has 0 aliphatic rings. The monoisotopic (exact) mass is 439 g/mol. The molecule has 8 nitrogen and oxygen atoms in total. The smallest absolute Gasteiger partial charge is 0.311 e. The first-order valence-electron chi connectivity index (χ1n) is 9.46. The van der Waals surface area contributed by atoms with Crippen LogP contribution in [0, 0.1) is 0 Å². The summed E-state index contributed by atoms with van der Waals surface area (Å²) in [6, 6.07) is 13.3. The Morgan fingerprint density at radius 1 is 1.00 bits per heavy atom. The van der Waals surface area contributed by atoms with Gasteiger partial charge in [0.1, 0.15) is 5.75 Å². The summed E-state index contributed by atoms with van der Waals surface area (Å²) < 4.78 is 9.99. The van der Waals surface area contributed by atoms with Gasteiger partial charge in [-0.2, -0.15) is 0 Å². The fourth-order valence-corrected chi connectivity index (χ4v) is 3.40. The van der Waals surface area contributed by atoms with Gasteiger partial charge in [0.05, 0.1) is 37.1 Å². The number of amides is 2. The molecule has 2 aromatic carbocycles. The van der Waals surface area contributed by atoms with Crippen LogP contribution < -0.4 is 15.4 Å². The molecule has 0 bridgehead atoms. The fraction of sp³-hybridized carbons (Fsp3) is 0.182. The Morgan fingerprint density at radius 2 is 1.74 bits per heavy atom. The topological polar surface area (TPSA) is 107 Å². The van der Waals surface area contributed by atoms with Crippen LogP contribution in [0.15, 0.2) is 53.9 Å². The highest BCUT2D eigenvalue weighted by molar-refractivity contribution is 7.14. The molecule has 0 saturated carbocycles. The number of nitrogens with zero attached hydrogens (tertiary/aromatic N) is 1. The molecule has 2 amide bonds. The van der Waals surface area contributed by atoms with Gasteiger partial charge in [0, 0.05) is 10.9 Å². The zero-order valence-corrected chi connectivity index (χ0v) is 17.8. The number of hydrogen-bond acceptors (Lipinski definition) is 7. The predicted molar refractivity (Wildman–Crippen MR) is 118 cm³/mol. The number of hydrogen-bond donors (Lipinski definition) is 2. The van der Waals surface area contributed by atoms with Crippen LogP contribution in [0.4, 0.5) is 10.8 Å². The van der Waals surface area contributed by atoms with Crippen LogP contribution in [0.1, 0.15) is 33.3 Å². The Bertz CT molecular complexity index is 1080. The maximum absolute atomic E-state index is 12.8. The second-order valence-corrected chi connectivity index (χ2v) is 7.17. The molecule has 0 unspecified atom stereocenters. The molecule has 160 valence electrons. The number of methoxy groups -OCH3 is 1. The number of rotatable bonds is 8. The number of thiazole rings is 1. The van der Waals surface area contributed by atoms with E-state index < -0.39 is 5.91 Å². The predicted octanol–water partition coefficient (Wildman–Crippen LogP) is 3.76. The molecule has 0 radical (unpaired) electrons. The van der Waals surface area contributed by atoms with Gasteiger partial charge in [-0.15, -0.1) is 11.3 Å². The summed E-state index contributed by atoms with van der Waals surface area (Å²) >= 11 is 1.20. The molecular weight excluding hydrogens is 418 g/mol. The number of anilines is 2. The van der Waals surface area contributed by atoms with E-state index >= 15 is 0 Å². The van der Waals surface area contributed by atoms with Gasteiger partial charge in [0.25, 0.3) is 11.8 Å². The van der Waals surface area contributed by atoms with Crippen molar-refractivity contribution < 1.29 is 23.9 Å². The molecular formula is C22H21N3O5S. The third-order valence-corrected chi connectivity index (χ3v) is 4.98. The van der Waals surface area contributed by atoms with Crippen LogP contribution in [0.2, 0.25) is 0 Å². The molecule has 0 saturated heterocycles. The van der Waals surface area contributed by atoms with Gasteiger partial charge in [-0.1, -0.05) is 12.1 Å². The van der Waals surface area contributed by atoms with E-state index in [0.29, 0.717) is 34.4 Å². The molecule has 0 spiro atoms. The highest BCUT2D eigenvalue weighted by Gasteiger charge is 2.16. The number of carbonyl (C=O) groups is 3. The molecule has 1 aromatic heterocycles. The minimum atomic E-state index is -0.428. The van der Waals surface area contributed by atoms with E-state index in [4.69, 9.17) is 9.47 Å². The fourth-order valence-electron chi connectivity index (χ4n) is 2.70. The Morgan fingerprint density at radius 3 is 2.45 bits per heavy atom. The van der Waals surface area contributed by atoms with E-state index in [0.717, 1.165) is 0 Å². The average Bonchev–Trinajstić information content (AvgIpc) is 3.20. The van der Waals surface area contributed by atoms with Gasteiger partial charge in [-0.05, 0) is 43.3 Å². The van der Waals surface area contributed by atoms with E-state index in [1.165, 1.54) is 11.3 Å². The summed E-state index contributed by atoms with van der Waals surface area (Å²) in [5, 5.41) is 7.49. The van der Waals surface area contributed by atoms with Crippen LogP contribution in [-0.2, 0) is 16.0 Å². The van der Waals surface area contributed by atoms with Crippen molar-refractivity contribution >= 4 is 39.9 Å². The Balaban J connectivity index is 1.69. The SMILES string of the molecule is CCOC(=O)Cc1csc(NC(=O)c2ccccc2NC(=O)c2ccc(OC)cc2)n1. The lowest BCUT2D eigenvalue weighted by atomic mass is 10.1. The minimum Gasteiger partial charge on any atom is -0.497 e. The normalized spacial score (nSPS) is 10.3. The first kappa shape index (κ1) is 22.0. The van der Waals surface area contributed by atoms with Crippen molar-refractivity contribution in [2.45, 2.75) is 13.3 Å². The van der Waals surface area contributed by atoms with E-state index in [-0.39, 0.29) is 23.9 Å². The van der Waals surface area contributed by atoms with E-state index in [9.17, 15) is 14.4 Å².